The standard InChI is InChI=1S/C12H19NO3/c1-10(9-14)13-7-8-16-12-6-4-3-5-11(12)15-2/h3-6,10,13-14H,7-9H2,1-2H3. The summed E-state index contributed by atoms with van der Waals surface area (Å²) < 4.78 is 10.7. The number of para-hydroxylation sites is 2. The number of ether oxygens (including phenoxy) is 2. The van der Waals surface area contributed by atoms with Crippen molar-refractivity contribution in [3.63, 3.8) is 0 Å². The maximum atomic E-state index is 8.81. The zero-order valence-electron chi connectivity index (χ0n) is 9.77. The zero-order chi connectivity index (χ0) is 11.8. The fourth-order valence-corrected chi connectivity index (χ4v) is 1.27. The first-order valence-corrected chi connectivity index (χ1v) is 5.38. The van der Waals surface area contributed by atoms with Gasteiger partial charge in [0, 0.05) is 12.6 Å². The maximum Gasteiger partial charge on any atom is 0.161 e. The van der Waals surface area contributed by atoms with Crippen molar-refractivity contribution in [2.45, 2.75) is 13.0 Å². The van der Waals surface area contributed by atoms with E-state index in [9.17, 15) is 0 Å². The molecule has 2 N–H and O–H groups in total. The third kappa shape index (κ3) is 4.08. The van der Waals surface area contributed by atoms with Crippen LogP contribution in [0.1, 0.15) is 6.92 Å². The normalized spacial score (nSPS) is 12.2. The Morgan fingerprint density at radius 1 is 1.31 bits per heavy atom. The number of hydrogen-bond donors (Lipinski definition) is 2. The summed E-state index contributed by atoms with van der Waals surface area (Å²) >= 11 is 0. The number of aliphatic hydroxyl groups is 1. The molecule has 0 aromatic heterocycles. The Morgan fingerprint density at radius 2 is 2.00 bits per heavy atom. The van der Waals surface area contributed by atoms with Crippen LogP contribution in [0.2, 0.25) is 0 Å². The van der Waals surface area contributed by atoms with Gasteiger partial charge in [-0.1, -0.05) is 12.1 Å². The van der Waals surface area contributed by atoms with Crippen molar-refractivity contribution < 1.29 is 14.6 Å². The van der Waals surface area contributed by atoms with Gasteiger partial charge in [-0.2, -0.15) is 0 Å². The highest BCUT2D eigenvalue weighted by Crippen LogP contribution is 2.25. The average molecular weight is 225 g/mol. The lowest BCUT2D eigenvalue weighted by Crippen LogP contribution is -2.32. The van der Waals surface area contributed by atoms with Gasteiger partial charge in [0.15, 0.2) is 11.5 Å². The summed E-state index contributed by atoms with van der Waals surface area (Å²) in [7, 11) is 1.62. The minimum atomic E-state index is 0.0984. The van der Waals surface area contributed by atoms with Gasteiger partial charge in [0.25, 0.3) is 0 Å². The molecule has 16 heavy (non-hydrogen) atoms. The van der Waals surface area contributed by atoms with E-state index in [0.717, 1.165) is 11.5 Å². The molecule has 0 aliphatic carbocycles. The molecule has 0 saturated heterocycles. The van der Waals surface area contributed by atoms with E-state index in [1.54, 1.807) is 7.11 Å². The Kier molecular flexibility index (Phi) is 5.67. The molecular weight excluding hydrogens is 206 g/mol. The summed E-state index contributed by atoms with van der Waals surface area (Å²) in [6.07, 6.45) is 0. The molecule has 0 saturated carbocycles. The van der Waals surface area contributed by atoms with Gasteiger partial charge in [0.1, 0.15) is 6.61 Å². The second-order valence-electron chi connectivity index (χ2n) is 3.54. The topological polar surface area (TPSA) is 50.7 Å². The van der Waals surface area contributed by atoms with Gasteiger partial charge in [-0.05, 0) is 19.1 Å². The van der Waals surface area contributed by atoms with Crippen LogP contribution in [0.3, 0.4) is 0 Å². The minimum Gasteiger partial charge on any atom is -0.493 e. The van der Waals surface area contributed by atoms with Gasteiger partial charge in [-0.3, -0.25) is 0 Å². The third-order valence-corrected chi connectivity index (χ3v) is 2.20. The van der Waals surface area contributed by atoms with Crippen molar-refractivity contribution >= 4 is 0 Å². The van der Waals surface area contributed by atoms with Gasteiger partial charge in [0.05, 0.1) is 13.7 Å². The van der Waals surface area contributed by atoms with Crippen LogP contribution in [0.25, 0.3) is 0 Å². The maximum absolute atomic E-state index is 8.81. The second-order valence-corrected chi connectivity index (χ2v) is 3.54. The Balaban J connectivity index is 2.31. The number of hydrogen-bond acceptors (Lipinski definition) is 4. The Labute approximate surface area is 96.2 Å². The number of benzene rings is 1. The number of rotatable bonds is 7. The van der Waals surface area contributed by atoms with E-state index >= 15 is 0 Å². The molecule has 0 fully saturated rings. The van der Waals surface area contributed by atoms with Crippen molar-refractivity contribution in [2.75, 3.05) is 26.9 Å². The monoisotopic (exact) mass is 225 g/mol. The summed E-state index contributed by atoms with van der Waals surface area (Å²) in [6.45, 7) is 3.29. The molecule has 4 heteroatoms. The molecule has 0 radical (unpaired) electrons. The van der Waals surface area contributed by atoms with Crippen LogP contribution in [0.4, 0.5) is 0 Å². The molecule has 0 bridgehead atoms. The number of methoxy groups -OCH3 is 1. The largest absolute Gasteiger partial charge is 0.493 e. The van der Waals surface area contributed by atoms with Gasteiger partial charge in [-0.25, -0.2) is 0 Å². The Hall–Kier alpha value is -1.26. The summed E-state index contributed by atoms with van der Waals surface area (Å²) in [5.41, 5.74) is 0. The van der Waals surface area contributed by atoms with Crippen molar-refractivity contribution in [2.24, 2.45) is 0 Å². The quantitative estimate of drug-likeness (QED) is 0.681. The van der Waals surface area contributed by atoms with E-state index in [1.165, 1.54) is 0 Å². The Bertz CT molecular complexity index is 304. The highest BCUT2D eigenvalue weighted by molar-refractivity contribution is 5.39. The summed E-state index contributed by atoms with van der Waals surface area (Å²) in [5, 5.41) is 11.9. The first-order chi connectivity index (χ1) is 7.77. The molecule has 90 valence electrons. The molecule has 1 aromatic carbocycles. The smallest absolute Gasteiger partial charge is 0.161 e. The third-order valence-electron chi connectivity index (χ3n) is 2.20. The second kappa shape index (κ2) is 7.09. The minimum absolute atomic E-state index is 0.0984. The lowest BCUT2D eigenvalue weighted by atomic mass is 10.3. The van der Waals surface area contributed by atoms with E-state index < -0.39 is 0 Å². The number of aliphatic hydroxyl groups excluding tert-OH is 1. The zero-order valence-corrected chi connectivity index (χ0v) is 9.77. The van der Waals surface area contributed by atoms with Crippen molar-refractivity contribution in [3.8, 4) is 11.5 Å². The highest BCUT2D eigenvalue weighted by Gasteiger charge is 2.02. The first-order valence-electron chi connectivity index (χ1n) is 5.38. The van der Waals surface area contributed by atoms with E-state index in [2.05, 4.69) is 5.32 Å². The van der Waals surface area contributed by atoms with E-state index in [-0.39, 0.29) is 12.6 Å². The molecule has 1 rings (SSSR count). The van der Waals surface area contributed by atoms with Crippen LogP contribution in [0, 0.1) is 0 Å². The van der Waals surface area contributed by atoms with Crippen molar-refractivity contribution in [3.05, 3.63) is 24.3 Å². The van der Waals surface area contributed by atoms with Crippen LogP contribution in [0.15, 0.2) is 24.3 Å². The molecule has 0 aliphatic heterocycles. The van der Waals surface area contributed by atoms with Crippen molar-refractivity contribution in [1.82, 2.24) is 5.32 Å². The summed E-state index contributed by atoms with van der Waals surface area (Å²) in [6, 6.07) is 7.63. The molecular formula is C12H19NO3. The molecule has 0 spiro atoms. The van der Waals surface area contributed by atoms with Crippen LogP contribution >= 0.6 is 0 Å². The molecule has 1 unspecified atom stereocenters. The summed E-state index contributed by atoms with van der Waals surface area (Å²) in [4.78, 5) is 0. The lowest BCUT2D eigenvalue weighted by Gasteiger charge is -2.13. The highest BCUT2D eigenvalue weighted by atomic mass is 16.5. The molecule has 0 heterocycles. The fourth-order valence-electron chi connectivity index (χ4n) is 1.27. The Morgan fingerprint density at radius 3 is 2.62 bits per heavy atom. The van der Waals surface area contributed by atoms with E-state index in [4.69, 9.17) is 14.6 Å². The van der Waals surface area contributed by atoms with Gasteiger partial charge < -0.3 is 19.9 Å². The van der Waals surface area contributed by atoms with Crippen LogP contribution in [0.5, 0.6) is 11.5 Å². The molecule has 1 aromatic rings. The average Bonchev–Trinajstić information content (AvgIpc) is 2.34. The predicted octanol–water partition coefficient (Wildman–Crippen LogP) is 1.04. The van der Waals surface area contributed by atoms with Crippen LogP contribution in [-0.2, 0) is 0 Å². The van der Waals surface area contributed by atoms with E-state index in [0.29, 0.717) is 13.2 Å². The molecule has 0 aliphatic rings. The van der Waals surface area contributed by atoms with Gasteiger partial charge in [-0.15, -0.1) is 0 Å². The van der Waals surface area contributed by atoms with Crippen LogP contribution < -0.4 is 14.8 Å². The SMILES string of the molecule is COc1ccccc1OCCNC(C)CO. The molecule has 4 nitrogen and oxygen atoms in total. The lowest BCUT2D eigenvalue weighted by molar-refractivity contribution is 0.237. The van der Waals surface area contributed by atoms with Crippen molar-refractivity contribution in [1.29, 1.82) is 0 Å². The molecule has 1 atom stereocenters. The molecule has 0 amide bonds. The van der Waals surface area contributed by atoms with E-state index in [1.807, 2.05) is 31.2 Å². The predicted molar refractivity (Wildman–Crippen MR) is 63.0 cm³/mol. The van der Waals surface area contributed by atoms with Gasteiger partial charge in [0.2, 0.25) is 0 Å². The first kappa shape index (κ1) is 12.8. The summed E-state index contributed by atoms with van der Waals surface area (Å²) in [5.74, 6) is 1.47. The fraction of sp³-hybridized carbons (Fsp3) is 0.500. The van der Waals surface area contributed by atoms with Crippen LogP contribution in [-0.4, -0.2) is 38.0 Å². The van der Waals surface area contributed by atoms with Gasteiger partial charge >= 0.3 is 0 Å². The number of nitrogens with one attached hydrogen (secondary N) is 1.